The van der Waals surface area contributed by atoms with E-state index in [1.807, 2.05) is 0 Å². The molecular weight excluding hydrogens is 206 g/mol. The van der Waals surface area contributed by atoms with E-state index >= 15 is 0 Å². The Balaban J connectivity index is 2.69. The summed E-state index contributed by atoms with van der Waals surface area (Å²) in [4.78, 5) is 11.2. The first-order valence-electron chi connectivity index (χ1n) is 5.04. The summed E-state index contributed by atoms with van der Waals surface area (Å²) in [5.74, 6) is 0.293. The quantitative estimate of drug-likeness (QED) is 0.611. The fraction of sp³-hybridized carbons (Fsp3) is 0.333. The molecule has 0 aliphatic carbocycles. The molecule has 0 fully saturated rings. The maximum Gasteiger partial charge on any atom is 0.311 e. The first-order valence-corrected chi connectivity index (χ1v) is 5.04. The highest BCUT2D eigenvalue weighted by Gasteiger charge is 2.09. The van der Waals surface area contributed by atoms with E-state index in [-0.39, 0.29) is 18.1 Å². The van der Waals surface area contributed by atoms with Crippen LogP contribution in [0.3, 0.4) is 0 Å². The van der Waals surface area contributed by atoms with Gasteiger partial charge in [0.2, 0.25) is 0 Å². The monoisotopic (exact) mass is 221 g/mol. The van der Waals surface area contributed by atoms with Crippen molar-refractivity contribution in [2.45, 2.75) is 13.3 Å². The summed E-state index contributed by atoms with van der Waals surface area (Å²) in [6.07, 6.45) is -0.0129. The van der Waals surface area contributed by atoms with Gasteiger partial charge >= 0.3 is 5.97 Å². The Morgan fingerprint density at radius 1 is 1.44 bits per heavy atom. The second-order valence-electron chi connectivity index (χ2n) is 3.19. The van der Waals surface area contributed by atoms with Crippen LogP contribution in [-0.2, 0) is 9.53 Å². The van der Waals surface area contributed by atoms with E-state index in [4.69, 9.17) is 14.9 Å². The molecule has 0 heterocycles. The normalized spacial score (nSPS) is 9.62. The molecule has 4 heteroatoms. The van der Waals surface area contributed by atoms with E-state index in [1.54, 1.807) is 38.3 Å². The van der Waals surface area contributed by atoms with Gasteiger partial charge in [-0.1, -0.05) is 12.1 Å². The van der Waals surface area contributed by atoms with Crippen LogP contribution < -0.4 is 4.74 Å². The average molecular weight is 221 g/mol. The molecule has 0 unspecified atom stereocenters. The molecule has 1 rings (SSSR count). The summed E-state index contributed by atoms with van der Waals surface area (Å²) in [7, 11) is 1.56. The minimum Gasteiger partial charge on any atom is -0.497 e. The van der Waals surface area contributed by atoms with Gasteiger partial charge in [-0.2, -0.15) is 0 Å². The molecule has 1 aromatic carbocycles. The second-order valence-corrected chi connectivity index (χ2v) is 3.19. The number of carbonyl (C=O) groups is 1. The van der Waals surface area contributed by atoms with Gasteiger partial charge in [0.1, 0.15) is 5.75 Å². The van der Waals surface area contributed by atoms with Crippen LogP contribution in [0.1, 0.15) is 18.9 Å². The largest absolute Gasteiger partial charge is 0.497 e. The number of methoxy groups -OCH3 is 1. The fourth-order valence-corrected chi connectivity index (χ4v) is 1.27. The number of rotatable bonds is 5. The number of esters is 1. The van der Waals surface area contributed by atoms with Crippen molar-refractivity contribution in [2.24, 2.45) is 0 Å². The summed E-state index contributed by atoms with van der Waals surface area (Å²) < 4.78 is 9.82. The maximum absolute atomic E-state index is 11.2. The Morgan fingerprint density at radius 2 is 2.19 bits per heavy atom. The van der Waals surface area contributed by atoms with Crippen molar-refractivity contribution in [3.8, 4) is 5.75 Å². The van der Waals surface area contributed by atoms with Gasteiger partial charge in [-0.05, 0) is 24.6 Å². The third kappa shape index (κ3) is 3.38. The molecular formula is C12H15NO3. The molecule has 0 spiro atoms. The van der Waals surface area contributed by atoms with E-state index in [9.17, 15) is 4.79 Å². The van der Waals surface area contributed by atoms with Crippen LogP contribution in [0.5, 0.6) is 5.75 Å². The van der Waals surface area contributed by atoms with Crippen LogP contribution in [0.4, 0.5) is 0 Å². The highest BCUT2D eigenvalue weighted by molar-refractivity contribution is 6.07. The van der Waals surface area contributed by atoms with Crippen molar-refractivity contribution in [2.75, 3.05) is 13.7 Å². The molecule has 4 nitrogen and oxygen atoms in total. The zero-order valence-electron chi connectivity index (χ0n) is 9.45. The first kappa shape index (κ1) is 12.2. The lowest BCUT2D eigenvalue weighted by molar-refractivity contribution is -0.141. The van der Waals surface area contributed by atoms with Crippen molar-refractivity contribution in [1.82, 2.24) is 0 Å². The first-order chi connectivity index (χ1) is 7.67. The van der Waals surface area contributed by atoms with Crippen LogP contribution in [0, 0.1) is 5.41 Å². The third-order valence-corrected chi connectivity index (χ3v) is 2.04. The highest BCUT2D eigenvalue weighted by Crippen LogP contribution is 2.14. The topological polar surface area (TPSA) is 59.4 Å². The number of carbonyl (C=O) groups excluding carboxylic acids is 1. The van der Waals surface area contributed by atoms with Gasteiger partial charge < -0.3 is 14.9 Å². The predicted molar refractivity (Wildman–Crippen MR) is 61.1 cm³/mol. The summed E-state index contributed by atoms with van der Waals surface area (Å²) in [6.45, 7) is 2.08. The SMILES string of the molecule is CCOC(=O)CC(=N)c1cccc(OC)c1. The molecule has 1 N–H and O–H groups in total. The number of nitrogens with one attached hydrogen (secondary N) is 1. The Morgan fingerprint density at radius 3 is 2.81 bits per heavy atom. The van der Waals surface area contributed by atoms with E-state index < -0.39 is 0 Å². The molecule has 0 aliphatic rings. The van der Waals surface area contributed by atoms with Crippen molar-refractivity contribution in [3.63, 3.8) is 0 Å². The Hall–Kier alpha value is -1.84. The van der Waals surface area contributed by atoms with Crippen LogP contribution in [0.25, 0.3) is 0 Å². The number of ether oxygens (including phenoxy) is 2. The van der Waals surface area contributed by atoms with E-state index in [2.05, 4.69) is 0 Å². The van der Waals surface area contributed by atoms with Gasteiger partial charge in [0.05, 0.1) is 20.1 Å². The maximum atomic E-state index is 11.2. The van der Waals surface area contributed by atoms with Crippen molar-refractivity contribution >= 4 is 11.7 Å². The van der Waals surface area contributed by atoms with Gasteiger partial charge in [-0.3, -0.25) is 4.79 Å². The summed E-state index contributed by atoms with van der Waals surface area (Å²) in [6, 6.07) is 7.07. The molecule has 0 amide bonds. The smallest absolute Gasteiger partial charge is 0.311 e. The molecule has 16 heavy (non-hydrogen) atoms. The summed E-state index contributed by atoms with van der Waals surface area (Å²) in [5, 5.41) is 7.75. The predicted octanol–water partition coefficient (Wildman–Crippen LogP) is 2.02. The van der Waals surface area contributed by atoms with E-state index in [0.29, 0.717) is 17.9 Å². The molecule has 0 radical (unpaired) electrons. The van der Waals surface area contributed by atoms with Crippen LogP contribution >= 0.6 is 0 Å². The lowest BCUT2D eigenvalue weighted by atomic mass is 10.1. The highest BCUT2D eigenvalue weighted by atomic mass is 16.5. The van der Waals surface area contributed by atoms with Gasteiger partial charge in [-0.15, -0.1) is 0 Å². The Bertz CT molecular complexity index is 388. The van der Waals surface area contributed by atoms with Gasteiger partial charge in [-0.25, -0.2) is 0 Å². The number of benzene rings is 1. The molecule has 0 saturated heterocycles. The molecule has 0 aliphatic heterocycles. The molecule has 0 saturated carbocycles. The molecule has 0 aromatic heterocycles. The summed E-state index contributed by atoms with van der Waals surface area (Å²) in [5.41, 5.74) is 0.907. The van der Waals surface area contributed by atoms with Crippen LogP contribution in [0.2, 0.25) is 0 Å². The lowest BCUT2D eigenvalue weighted by Crippen LogP contribution is -2.11. The standard InChI is InChI=1S/C12H15NO3/c1-3-16-12(14)8-11(13)9-5-4-6-10(7-9)15-2/h4-7,13H,3,8H2,1-2H3. The third-order valence-electron chi connectivity index (χ3n) is 2.04. The molecule has 1 aromatic rings. The van der Waals surface area contributed by atoms with E-state index in [0.717, 1.165) is 0 Å². The number of hydrogen-bond donors (Lipinski definition) is 1. The van der Waals surface area contributed by atoms with Crippen molar-refractivity contribution < 1.29 is 14.3 Å². The second kappa shape index (κ2) is 5.90. The molecule has 0 bridgehead atoms. The molecule has 0 atom stereocenters. The van der Waals surface area contributed by atoms with Gasteiger partial charge in [0.15, 0.2) is 0 Å². The van der Waals surface area contributed by atoms with Crippen molar-refractivity contribution in [1.29, 1.82) is 5.41 Å². The average Bonchev–Trinajstić information content (AvgIpc) is 2.29. The zero-order valence-corrected chi connectivity index (χ0v) is 9.45. The van der Waals surface area contributed by atoms with Crippen LogP contribution in [-0.4, -0.2) is 25.4 Å². The number of hydrogen-bond acceptors (Lipinski definition) is 4. The lowest BCUT2D eigenvalue weighted by Gasteiger charge is -2.06. The van der Waals surface area contributed by atoms with Crippen LogP contribution in [0.15, 0.2) is 24.3 Å². The Labute approximate surface area is 94.7 Å². The van der Waals surface area contributed by atoms with Crippen molar-refractivity contribution in [3.05, 3.63) is 29.8 Å². The minimum atomic E-state index is -0.379. The summed E-state index contributed by atoms with van der Waals surface area (Å²) >= 11 is 0. The Kier molecular flexibility index (Phi) is 4.51. The van der Waals surface area contributed by atoms with Gasteiger partial charge in [0.25, 0.3) is 0 Å². The van der Waals surface area contributed by atoms with Gasteiger partial charge in [0, 0.05) is 5.71 Å². The fourth-order valence-electron chi connectivity index (χ4n) is 1.27. The molecule has 86 valence electrons. The van der Waals surface area contributed by atoms with E-state index in [1.165, 1.54) is 0 Å². The zero-order chi connectivity index (χ0) is 12.0. The minimum absolute atomic E-state index is 0.0129.